The lowest BCUT2D eigenvalue weighted by atomic mass is 10.2. The Bertz CT molecular complexity index is 407. The first-order valence-corrected chi connectivity index (χ1v) is 8.11. The number of aryl methyl sites for hydroxylation is 1. The van der Waals surface area contributed by atoms with Crippen LogP contribution in [0.4, 0.5) is 0 Å². The first kappa shape index (κ1) is 17.1. The second-order valence-electron chi connectivity index (χ2n) is 5.23. The molecule has 0 aliphatic rings. The topological polar surface area (TPSA) is 38.3 Å². The third-order valence-corrected chi connectivity index (χ3v) is 3.87. The minimum absolute atomic E-state index is 0.0853. The molecule has 0 fully saturated rings. The largest absolute Gasteiger partial charge is 0.381 e. The molecule has 0 heterocycles. The molecule has 0 unspecified atom stereocenters. The molecule has 1 amide bonds. The summed E-state index contributed by atoms with van der Waals surface area (Å²) >= 11 is 1.58. The van der Waals surface area contributed by atoms with Gasteiger partial charge in [-0.3, -0.25) is 4.79 Å². The first-order valence-electron chi connectivity index (χ1n) is 7.12. The lowest BCUT2D eigenvalue weighted by Gasteiger charge is -2.08. The molecule has 1 N–H and O–H groups in total. The van der Waals surface area contributed by atoms with Gasteiger partial charge in [0.15, 0.2) is 0 Å². The minimum atomic E-state index is 0.0853. The van der Waals surface area contributed by atoms with Gasteiger partial charge in [-0.25, -0.2) is 0 Å². The Kier molecular flexibility index (Phi) is 8.38. The second kappa shape index (κ2) is 9.83. The lowest BCUT2D eigenvalue weighted by Crippen LogP contribution is -2.27. The van der Waals surface area contributed by atoms with E-state index < -0.39 is 0 Å². The molecule has 0 aromatic heterocycles. The number of hydrogen-bond acceptors (Lipinski definition) is 3. The Morgan fingerprint density at radius 2 is 2.10 bits per heavy atom. The van der Waals surface area contributed by atoms with Crippen LogP contribution in [0.25, 0.3) is 0 Å². The van der Waals surface area contributed by atoms with Gasteiger partial charge in [-0.15, -0.1) is 11.8 Å². The van der Waals surface area contributed by atoms with Crippen molar-refractivity contribution in [2.45, 2.75) is 32.1 Å². The molecule has 0 aliphatic heterocycles. The molecule has 0 bridgehead atoms. The summed E-state index contributed by atoms with van der Waals surface area (Å²) in [5, 5.41) is 2.92. The highest BCUT2D eigenvalue weighted by Gasteiger charge is 2.04. The van der Waals surface area contributed by atoms with Crippen LogP contribution < -0.4 is 5.32 Å². The van der Waals surface area contributed by atoms with E-state index in [1.807, 2.05) is 18.2 Å². The van der Waals surface area contributed by atoms with Crippen molar-refractivity contribution in [1.29, 1.82) is 0 Å². The van der Waals surface area contributed by atoms with Crippen molar-refractivity contribution in [3.05, 3.63) is 29.8 Å². The maximum Gasteiger partial charge on any atom is 0.230 e. The summed E-state index contributed by atoms with van der Waals surface area (Å²) in [5.41, 5.74) is 1.22. The van der Waals surface area contributed by atoms with E-state index >= 15 is 0 Å². The van der Waals surface area contributed by atoms with Crippen molar-refractivity contribution >= 4 is 17.7 Å². The van der Waals surface area contributed by atoms with E-state index in [0.717, 1.165) is 13.0 Å². The Morgan fingerprint density at radius 3 is 2.80 bits per heavy atom. The zero-order valence-corrected chi connectivity index (χ0v) is 13.5. The fourth-order valence-electron chi connectivity index (χ4n) is 1.63. The molecule has 0 saturated heterocycles. The Morgan fingerprint density at radius 1 is 1.35 bits per heavy atom. The molecule has 0 radical (unpaired) electrons. The standard InChI is InChI=1S/C16H25NO2S/c1-13(2)11-19-10-6-9-17-16(18)12-20-15-8-5-4-7-14(15)3/h4-5,7-8,13H,6,9-12H2,1-3H3,(H,17,18). The normalized spacial score (nSPS) is 10.8. The van der Waals surface area contributed by atoms with Crippen LogP contribution >= 0.6 is 11.8 Å². The van der Waals surface area contributed by atoms with E-state index in [1.165, 1.54) is 10.5 Å². The molecular formula is C16H25NO2S. The average Bonchev–Trinajstić information content (AvgIpc) is 2.41. The molecule has 0 saturated carbocycles. The van der Waals surface area contributed by atoms with E-state index in [4.69, 9.17) is 4.74 Å². The smallest absolute Gasteiger partial charge is 0.230 e. The number of nitrogens with one attached hydrogen (secondary N) is 1. The van der Waals surface area contributed by atoms with Gasteiger partial charge in [0.05, 0.1) is 5.75 Å². The molecule has 0 atom stereocenters. The van der Waals surface area contributed by atoms with Crippen molar-refractivity contribution < 1.29 is 9.53 Å². The number of carbonyl (C=O) groups is 1. The Hall–Kier alpha value is -1.00. The van der Waals surface area contributed by atoms with Gasteiger partial charge in [-0.05, 0) is 30.9 Å². The number of rotatable bonds is 9. The van der Waals surface area contributed by atoms with Crippen molar-refractivity contribution in [2.75, 3.05) is 25.5 Å². The fraction of sp³-hybridized carbons (Fsp3) is 0.562. The molecule has 0 spiro atoms. The Labute approximate surface area is 126 Å². The molecular weight excluding hydrogens is 270 g/mol. The van der Waals surface area contributed by atoms with E-state index in [1.54, 1.807) is 11.8 Å². The van der Waals surface area contributed by atoms with Crippen LogP contribution in [0.1, 0.15) is 25.8 Å². The van der Waals surface area contributed by atoms with Crippen molar-refractivity contribution in [1.82, 2.24) is 5.32 Å². The van der Waals surface area contributed by atoms with Gasteiger partial charge in [-0.1, -0.05) is 32.0 Å². The van der Waals surface area contributed by atoms with Crippen LogP contribution in [0.3, 0.4) is 0 Å². The van der Waals surface area contributed by atoms with Gasteiger partial charge in [0.25, 0.3) is 0 Å². The number of amides is 1. The van der Waals surface area contributed by atoms with E-state index in [-0.39, 0.29) is 5.91 Å². The molecule has 1 rings (SSSR count). The summed E-state index contributed by atoms with van der Waals surface area (Å²) in [5.74, 6) is 1.12. The monoisotopic (exact) mass is 295 g/mol. The summed E-state index contributed by atoms with van der Waals surface area (Å²) in [7, 11) is 0. The summed E-state index contributed by atoms with van der Waals surface area (Å²) in [6.45, 7) is 8.51. The maximum atomic E-state index is 11.7. The average molecular weight is 295 g/mol. The fourth-order valence-corrected chi connectivity index (χ4v) is 2.49. The van der Waals surface area contributed by atoms with Crippen molar-refractivity contribution in [3.8, 4) is 0 Å². The van der Waals surface area contributed by atoms with Crippen LogP contribution in [-0.4, -0.2) is 31.4 Å². The van der Waals surface area contributed by atoms with Crippen LogP contribution in [0.15, 0.2) is 29.2 Å². The summed E-state index contributed by atoms with van der Waals surface area (Å²) < 4.78 is 5.47. The predicted octanol–water partition coefficient (Wildman–Crippen LogP) is 3.27. The Balaban J connectivity index is 2.08. The van der Waals surface area contributed by atoms with Gasteiger partial charge in [0, 0.05) is 24.7 Å². The third kappa shape index (κ3) is 7.56. The highest BCUT2D eigenvalue weighted by Crippen LogP contribution is 2.21. The number of hydrogen-bond donors (Lipinski definition) is 1. The molecule has 4 heteroatoms. The van der Waals surface area contributed by atoms with Crippen LogP contribution in [-0.2, 0) is 9.53 Å². The number of carbonyl (C=O) groups excluding carboxylic acids is 1. The molecule has 112 valence electrons. The highest BCUT2D eigenvalue weighted by atomic mass is 32.2. The molecule has 1 aromatic rings. The quantitative estimate of drug-likeness (QED) is 0.561. The van der Waals surface area contributed by atoms with Gasteiger partial charge >= 0.3 is 0 Å². The SMILES string of the molecule is Cc1ccccc1SCC(=O)NCCCOCC(C)C. The van der Waals surface area contributed by atoms with Gasteiger partial charge in [0.1, 0.15) is 0 Å². The number of ether oxygens (including phenoxy) is 1. The van der Waals surface area contributed by atoms with Crippen molar-refractivity contribution in [2.24, 2.45) is 5.92 Å². The van der Waals surface area contributed by atoms with Crippen LogP contribution in [0.5, 0.6) is 0 Å². The van der Waals surface area contributed by atoms with Gasteiger partial charge in [-0.2, -0.15) is 0 Å². The summed E-state index contributed by atoms with van der Waals surface area (Å²) in [6.07, 6.45) is 0.869. The summed E-state index contributed by atoms with van der Waals surface area (Å²) in [4.78, 5) is 12.9. The molecule has 3 nitrogen and oxygen atoms in total. The number of thioether (sulfide) groups is 1. The van der Waals surface area contributed by atoms with Gasteiger partial charge in [0.2, 0.25) is 5.91 Å². The number of benzene rings is 1. The molecule has 1 aromatic carbocycles. The molecule has 20 heavy (non-hydrogen) atoms. The lowest BCUT2D eigenvalue weighted by molar-refractivity contribution is -0.118. The first-order chi connectivity index (χ1) is 9.59. The molecule has 0 aliphatic carbocycles. The van der Waals surface area contributed by atoms with Crippen LogP contribution in [0.2, 0.25) is 0 Å². The van der Waals surface area contributed by atoms with E-state index in [2.05, 4.69) is 32.2 Å². The maximum absolute atomic E-state index is 11.7. The third-order valence-electron chi connectivity index (χ3n) is 2.69. The van der Waals surface area contributed by atoms with Gasteiger partial charge < -0.3 is 10.1 Å². The zero-order valence-electron chi connectivity index (χ0n) is 12.6. The highest BCUT2D eigenvalue weighted by molar-refractivity contribution is 8.00. The second-order valence-corrected chi connectivity index (χ2v) is 6.24. The van der Waals surface area contributed by atoms with Crippen molar-refractivity contribution in [3.63, 3.8) is 0 Å². The van der Waals surface area contributed by atoms with E-state index in [0.29, 0.717) is 24.8 Å². The predicted molar refractivity (Wildman–Crippen MR) is 85.2 cm³/mol. The zero-order chi connectivity index (χ0) is 14.8. The minimum Gasteiger partial charge on any atom is -0.381 e. The van der Waals surface area contributed by atoms with Crippen LogP contribution in [0, 0.1) is 12.8 Å². The summed E-state index contributed by atoms with van der Waals surface area (Å²) in [6, 6.07) is 8.12. The van der Waals surface area contributed by atoms with E-state index in [9.17, 15) is 4.79 Å².